The molecule has 0 saturated heterocycles. The Morgan fingerprint density at radius 2 is 1.73 bits per heavy atom. The summed E-state index contributed by atoms with van der Waals surface area (Å²) in [6, 6.07) is 18.9. The molecule has 8 nitrogen and oxygen atoms in total. The lowest BCUT2D eigenvalue weighted by Gasteiger charge is -2.29. The summed E-state index contributed by atoms with van der Waals surface area (Å²) in [5, 5.41) is 3.06. The summed E-state index contributed by atoms with van der Waals surface area (Å²) in [6.45, 7) is 1.97. The third kappa shape index (κ3) is 5.83. The lowest BCUT2D eigenvalue weighted by atomic mass is 9.88. The number of anilines is 1. The summed E-state index contributed by atoms with van der Waals surface area (Å²) in [5.41, 5.74) is 2.63. The molecule has 0 radical (unpaired) electrons. The van der Waals surface area contributed by atoms with Gasteiger partial charge in [0.15, 0.2) is 11.5 Å². The van der Waals surface area contributed by atoms with Crippen molar-refractivity contribution in [3.05, 3.63) is 77.9 Å². The van der Waals surface area contributed by atoms with E-state index in [1.54, 1.807) is 24.3 Å². The average Bonchev–Trinajstić information content (AvgIpc) is 2.92. The van der Waals surface area contributed by atoms with Crippen LogP contribution in [-0.4, -0.2) is 41.7 Å². The maximum atomic E-state index is 13.9. The number of nitrogens with one attached hydrogen (secondary N) is 1. The second-order valence-corrected chi connectivity index (χ2v) is 10.5. The van der Waals surface area contributed by atoms with Gasteiger partial charge in [-0.2, -0.15) is 0 Å². The number of sulfonamides is 1. The normalized spacial score (nSPS) is 14.8. The minimum atomic E-state index is -4.14. The lowest BCUT2D eigenvalue weighted by molar-refractivity contribution is -0.120. The fourth-order valence-electron chi connectivity index (χ4n) is 4.57. The second-order valence-electron chi connectivity index (χ2n) is 8.67. The molecule has 1 aliphatic carbocycles. The Morgan fingerprint density at radius 3 is 2.43 bits per heavy atom. The second kappa shape index (κ2) is 11.6. The van der Waals surface area contributed by atoms with Crippen molar-refractivity contribution in [3.63, 3.8) is 0 Å². The maximum Gasteiger partial charge on any atom is 0.264 e. The van der Waals surface area contributed by atoms with Gasteiger partial charge in [-0.25, -0.2) is 8.42 Å². The zero-order valence-corrected chi connectivity index (χ0v) is 22.1. The van der Waals surface area contributed by atoms with E-state index in [4.69, 9.17) is 14.2 Å². The number of aryl methyl sites for hydroxylation is 1. The maximum absolute atomic E-state index is 13.9. The van der Waals surface area contributed by atoms with Crippen LogP contribution in [0.4, 0.5) is 5.69 Å². The predicted octanol–water partition coefficient (Wildman–Crippen LogP) is 4.49. The van der Waals surface area contributed by atoms with Crippen LogP contribution in [0.3, 0.4) is 0 Å². The number of methoxy groups -OCH3 is 2. The molecule has 37 heavy (non-hydrogen) atoms. The van der Waals surface area contributed by atoms with Gasteiger partial charge >= 0.3 is 0 Å². The Balaban J connectivity index is 1.66. The van der Waals surface area contributed by atoms with Gasteiger partial charge in [0.2, 0.25) is 5.91 Å². The van der Waals surface area contributed by atoms with Gasteiger partial charge in [-0.1, -0.05) is 24.3 Å². The van der Waals surface area contributed by atoms with Crippen molar-refractivity contribution in [3.8, 4) is 17.2 Å². The van der Waals surface area contributed by atoms with E-state index in [2.05, 4.69) is 11.4 Å². The molecule has 0 aromatic heterocycles. The minimum absolute atomic E-state index is 0.0187. The van der Waals surface area contributed by atoms with Gasteiger partial charge in [-0.15, -0.1) is 0 Å². The van der Waals surface area contributed by atoms with Crippen molar-refractivity contribution < 1.29 is 27.4 Å². The molecule has 0 saturated carbocycles. The number of rotatable bonds is 10. The molecule has 0 spiro atoms. The first-order valence-corrected chi connectivity index (χ1v) is 13.7. The van der Waals surface area contributed by atoms with Crippen LogP contribution in [0.15, 0.2) is 71.6 Å². The van der Waals surface area contributed by atoms with Gasteiger partial charge < -0.3 is 19.5 Å². The molecular formula is C28H32N2O6S. The molecule has 0 fully saturated rings. The molecule has 196 valence electrons. The molecule has 0 aliphatic heterocycles. The monoisotopic (exact) mass is 524 g/mol. The molecular weight excluding hydrogens is 492 g/mol. The first-order valence-electron chi connectivity index (χ1n) is 12.2. The van der Waals surface area contributed by atoms with E-state index in [0.717, 1.165) is 29.1 Å². The Morgan fingerprint density at radius 1 is 1.00 bits per heavy atom. The Bertz CT molecular complexity index is 1340. The van der Waals surface area contributed by atoms with Crippen molar-refractivity contribution >= 4 is 21.6 Å². The Labute approximate surface area is 218 Å². The molecule has 1 unspecified atom stereocenters. The number of amides is 1. The number of nitrogens with zero attached hydrogens (tertiary/aromatic N) is 1. The zero-order valence-electron chi connectivity index (χ0n) is 21.3. The molecule has 1 aliphatic rings. The summed E-state index contributed by atoms with van der Waals surface area (Å²) in [6.07, 6.45) is 2.72. The number of carbonyl (C=O) groups excluding carboxylic acids is 1. The molecule has 4 rings (SSSR count). The molecule has 0 heterocycles. The minimum Gasteiger partial charge on any atom is -0.494 e. The topological polar surface area (TPSA) is 94.2 Å². The van der Waals surface area contributed by atoms with E-state index in [1.807, 2.05) is 25.1 Å². The zero-order chi connectivity index (χ0) is 26.4. The van der Waals surface area contributed by atoms with Crippen LogP contribution in [0, 0.1) is 0 Å². The number of carbonyl (C=O) groups is 1. The van der Waals surface area contributed by atoms with Crippen molar-refractivity contribution in [2.24, 2.45) is 0 Å². The number of fused-ring (bicyclic) bond motifs is 1. The first-order chi connectivity index (χ1) is 17.9. The fraction of sp³-hybridized carbons (Fsp3) is 0.321. The van der Waals surface area contributed by atoms with Crippen LogP contribution in [0.5, 0.6) is 17.2 Å². The van der Waals surface area contributed by atoms with Gasteiger partial charge in [0.25, 0.3) is 10.0 Å². The fourth-order valence-corrected chi connectivity index (χ4v) is 6.01. The number of hydrogen-bond acceptors (Lipinski definition) is 6. The molecule has 1 N–H and O–H groups in total. The van der Waals surface area contributed by atoms with Gasteiger partial charge in [-0.3, -0.25) is 9.10 Å². The van der Waals surface area contributed by atoms with E-state index >= 15 is 0 Å². The van der Waals surface area contributed by atoms with Gasteiger partial charge in [0, 0.05) is 6.07 Å². The molecule has 1 atom stereocenters. The van der Waals surface area contributed by atoms with Crippen LogP contribution < -0.4 is 23.8 Å². The van der Waals surface area contributed by atoms with Crippen LogP contribution in [-0.2, 0) is 21.2 Å². The Kier molecular flexibility index (Phi) is 8.23. The Hall–Kier alpha value is -3.72. The molecule has 3 aromatic rings. The van der Waals surface area contributed by atoms with Crippen LogP contribution in [0.25, 0.3) is 0 Å². The van der Waals surface area contributed by atoms with Gasteiger partial charge in [0.1, 0.15) is 12.3 Å². The van der Waals surface area contributed by atoms with E-state index in [-0.39, 0.29) is 29.1 Å². The summed E-state index contributed by atoms with van der Waals surface area (Å²) >= 11 is 0. The number of hydrogen-bond donors (Lipinski definition) is 1. The number of benzene rings is 3. The summed E-state index contributed by atoms with van der Waals surface area (Å²) in [5.74, 6) is 0.902. The summed E-state index contributed by atoms with van der Waals surface area (Å²) < 4.78 is 44.9. The van der Waals surface area contributed by atoms with E-state index in [9.17, 15) is 13.2 Å². The van der Waals surface area contributed by atoms with Crippen molar-refractivity contribution in [2.75, 3.05) is 31.7 Å². The van der Waals surface area contributed by atoms with E-state index in [1.165, 1.54) is 38.0 Å². The highest BCUT2D eigenvalue weighted by atomic mass is 32.2. The van der Waals surface area contributed by atoms with Gasteiger partial charge in [0.05, 0.1) is 37.5 Å². The molecule has 9 heteroatoms. The highest BCUT2D eigenvalue weighted by Gasteiger charge is 2.30. The highest BCUT2D eigenvalue weighted by molar-refractivity contribution is 7.92. The van der Waals surface area contributed by atoms with Crippen LogP contribution >= 0.6 is 0 Å². The smallest absolute Gasteiger partial charge is 0.264 e. The molecule has 0 bridgehead atoms. The summed E-state index contributed by atoms with van der Waals surface area (Å²) in [4.78, 5) is 13.3. The number of ether oxygens (including phenoxy) is 3. The van der Waals surface area contributed by atoms with Crippen molar-refractivity contribution in [1.82, 2.24) is 5.32 Å². The van der Waals surface area contributed by atoms with Crippen LogP contribution in [0.2, 0.25) is 0 Å². The quantitative estimate of drug-likeness (QED) is 0.420. The van der Waals surface area contributed by atoms with Crippen molar-refractivity contribution in [1.29, 1.82) is 0 Å². The highest BCUT2D eigenvalue weighted by Crippen LogP contribution is 2.33. The largest absolute Gasteiger partial charge is 0.494 e. The van der Waals surface area contributed by atoms with E-state index in [0.29, 0.717) is 23.8 Å². The van der Waals surface area contributed by atoms with Crippen LogP contribution in [0.1, 0.15) is 36.9 Å². The first kappa shape index (κ1) is 26.3. The SMILES string of the molecule is CCOc1ccc(N(CC(=O)NC2CCCc3ccccc32)S(=O)(=O)c2ccc(OC)c(OC)c2)cc1. The standard InChI is InChI=1S/C28H32N2O6S/c1-4-36-22-14-12-21(13-15-22)30(37(32,33)23-16-17-26(34-2)27(18-23)35-3)19-28(31)29-25-11-7-9-20-8-5-6-10-24(20)25/h5-6,8,10,12-18,25H,4,7,9,11,19H2,1-3H3,(H,29,31). The summed E-state index contributed by atoms with van der Waals surface area (Å²) in [7, 11) is -1.22. The molecule has 3 aromatic carbocycles. The molecule has 1 amide bonds. The average molecular weight is 525 g/mol. The van der Waals surface area contributed by atoms with Crippen molar-refractivity contribution in [2.45, 2.75) is 37.1 Å². The van der Waals surface area contributed by atoms with Gasteiger partial charge in [-0.05, 0) is 73.7 Å². The predicted molar refractivity (Wildman–Crippen MR) is 142 cm³/mol. The van der Waals surface area contributed by atoms with E-state index < -0.39 is 10.0 Å². The lowest BCUT2D eigenvalue weighted by Crippen LogP contribution is -2.42. The third-order valence-corrected chi connectivity index (χ3v) is 8.14. The third-order valence-electron chi connectivity index (χ3n) is 6.37.